The Labute approximate surface area is 329 Å². The molecule has 1 N–H and O–H groups in total. The van der Waals surface area contributed by atoms with Crippen LogP contribution < -0.4 is 0 Å². The maximum absolute atomic E-state index is 11.7. The van der Waals surface area contributed by atoms with Crippen LogP contribution in [0.2, 0.25) is 0 Å². The van der Waals surface area contributed by atoms with Crippen molar-refractivity contribution in [3.8, 4) is 22.4 Å². The minimum Gasteiger partial charge on any atom is -0.512 e. The van der Waals surface area contributed by atoms with Gasteiger partial charge in [0.1, 0.15) is 11.3 Å². The van der Waals surface area contributed by atoms with Crippen LogP contribution in [-0.2, 0) is 36.7 Å². The number of rotatable bonds is 11. The number of hydrogen-bond donors (Lipinski definition) is 1. The average Bonchev–Trinajstić information content (AvgIpc) is 3.69. The molecule has 0 saturated heterocycles. The summed E-state index contributed by atoms with van der Waals surface area (Å²) in [5.74, 6) is 1.97. The number of benzene rings is 3. The molecule has 3 heterocycles. The van der Waals surface area contributed by atoms with E-state index in [9.17, 15) is 9.90 Å². The molecule has 283 valence electrons. The molecule has 1 radical (unpaired) electrons. The fraction of sp³-hybridized carbons (Fsp3) is 0.404. The molecule has 0 spiro atoms. The van der Waals surface area contributed by atoms with Gasteiger partial charge in [0, 0.05) is 54.5 Å². The van der Waals surface area contributed by atoms with Crippen LogP contribution in [0, 0.1) is 30.7 Å². The van der Waals surface area contributed by atoms with Crippen LogP contribution in [-0.4, -0.2) is 15.9 Å². The van der Waals surface area contributed by atoms with E-state index in [1.807, 2.05) is 40.9 Å². The maximum Gasteiger partial charge on any atom is 0.219 e. The maximum atomic E-state index is 11.7. The van der Waals surface area contributed by atoms with E-state index in [0.29, 0.717) is 11.6 Å². The molecule has 0 aliphatic heterocycles. The Hall–Kier alpha value is -3.99. The fourth-order valence-corrected chi connectivity index (χ4v) is 7.13. The third-order valence-electron chi connectivity index (χ3n) is 10.2. The van der Waals surface area contributed by atoms with Crippen molar-refractivity contribution in [2.75, 3.05) is 0 Å². The van der Waals surface area contributed by atoms with E-state index >= 15 is 0 Å². The van der Waals surface area contributed by atoms with Gasteiger partial charge in [-0.15, -0.1) is 29.1 Å². The predicted molar refractivity (Wildman–Crippen MR) is 217 cm³/mol. The van der Waals surface area contributed by atoms with E-state index < -0.39 is 0 Å². The van der Waals surface area contributed by atoms with Crippen molar-refractivity contribution in [2.45, 2.75) is 107 Å². The second-order valence-corrected chi connectivity index (χ2v) is 15.6. The zero-order chi connectivity index (χ0) is 37.7. The number of pyridine rings is 1. The first-order chi connectivity index (χ1) is 24.8. The van der Waals surface area contributed by atoms with Gasteiger partial charge in [-0.25, -0.2) is 0 Å². The van der Waals surface area contributed by atoms with Gasteiger partial charge in [0.05, 0.1) is 12.0 Å². The summed E-state index contributed by atoms with van der Waals surface area (Å²) in [5.41, 5.74) is 8.07. The Morgan fingerprint density at radius 3 is 2.21 bits per heavy atom. The van der Waals surface area contributed by atoms with E-state index in [-0.39, 0.29) is 48.9 Å². The van der Waals surface area contributed by atoms with Gasteiger partial charge in [0.25, 0.3) is 0 Å². The standard InChI is InChI=1S/C34H32NO2.C13H24O2.Ir/c1-20(2)13-25-19-36-32-17-23(11-12-27(25)32)28-18-31(35-33-29(28)14-21(3)37-33)24-15-22-9-7-8-10-26(22)30(16-24)34(4,5)6;1-5-10(6-2)12(14)9-13(15)11(7-3)8-4;/h7-12,14,16-20H,13H2,1-6H3;9-11,14H,5-8H2,1-4H3;/q-1;;/b;12-9-;. The summed E-state index contributed by atoms with van der Waals surface area (Å²) in [6.07, 6.45) is 7.82. The predicted octanol–water partition coefficient (Wildman–Crippen LogP) is 13.5. The number of allylic oxidation sites excluding steroid dienone is 2. The molecule has 6 heteroatoms. The first kappa shape index (κ1) is 41.8. The molecule has 3 aromatic carbocycles. The van der Waals surface area contributed by atoms with Gasteiger partial charge < -0.3 is 13.9 Å². The molecule has 0 unspecified atom stereocenters. The molecule has 53 heavy (non-hydrogen) atoms. The smallest absolute Gasteiger partial charge is 0.219 e. The molecule has 0 aliphatic carbocycles. The second kappa shape index (κ2) is 17.9. The summed E-state index contributed by atoms with van der Waals surface area (Å²) in [6.45, 7) is 21.3. The molecule has 0 aliphatic rings. The summed E-state index contributed by atoms with van der Waals surface area (Å²) >= 11 is 0. The van der Waals surface area contributed by atoms with Crippen LogP contribution in [0.25, 0.3) is 55.2 Å². The van der Waals surface area contributed by atoms with E-state index in [0.717, 1.165) is 76.6 Å². The normalized spacial score (nSPS) is 12.2. The van der Waals surface area contributed by atoms with Crippen molar-refractivity contribution in [1.29, 1.82) is 0 Å². The van der Waals surface area contributed by atoms with Gasteiger partial charge in [-0.3, -0.25) is 9.78 Å². The Morgan fingerprint density at radius 1 is 0.887 bits per heavy atom. The molecule has 0 fully saturated rings. The number of carbonyl (C=O) groups is 1. The number of fused-ring (bicyclic) bond motifs is 3. The van der Waals surface area contributed by atoms with Crippen LogP contribution in [0.1, 0.15) is 105 Å². The zero-order valence-electron chi connectivity index (χ0n) is 33.1. The van der Waals surface area contributed by atoms with Gasteiger partial charge in [0.2, 0.25) is 5.71 Å². The van der Waals surface area contributed by atoms with Crippen LogP contribution in [0.5, 0.6) is 0 Å². The second-order valence-electron chi connectivity index (χ2n) is 15.6. The van der Waals surface area contributed by atoms with Gasteiger partial charge in [-0.2, -0.15) is 0 Å². The number of aliphatic hydroxyl groups excluding tert-OH is 1. The van der Waals surface area contributed by atoms with E-state index in [2.05, 4.69) is 101 Å². The zero-order valence-corrected chi connectivity index (χ0v) is 35.5. The number of aromatic nitrogens is 1. The van der Waals surface area contributed by atoms with Gasteiger partial charge >= 0.3 is 0 Å². The SMILES string of the molecule is CCC(CC)C(=O)/C=C(\O)C(CC)CC.Cc1cc2c(-c3ccc4c(CC(C)C)coc4c3)cc(-c3[c-]c4ccccc4c(C(C)(C)C)c3)nc2o1.[Ir]. The Bertz CT molecular complexity index is 2190. The number of hydrogen-bond acceptors (Lipinski definition) is 5. The number of nitrogens with zero attached hydrogens (tertiary/aromatic N) is 1. The number of carbonyl (C=O) groups excluding carboxylic acids is 1. The first-order valence-electron chi connectivity index (χ1n) is 19.1. The third kappa shape index (κ3) is 9.58. The summed E-state index contributed by atoms with van der Waals surface area (Å²) in [5, 5.41) is 14.3. The summed E-state index contributed by atoms with van der Waals surface area (Å²) in [6, 6.07) is 25.1. The number of aryl methyl sites for hydroxylation is 1. The Balaban J connectivity index is 0.000000335. The van der Waals surface area contributed by atoms with Crippen LogP contribution in [0.4, 0.5) is 0 Å². The van der Waals surface area contributed by atoms with Crippen LogP contribution in [0.3, 0.4) is 0 Å². The summed E-state index contributed by atoms with van der Waals surface area (Å²) in [7, 11) is 0. The van der Waals surface area contributed by atoms with Crippen molar-refractivity contribution < 1.29 is 38.8 Å². The number of furan rings is 2. The Kier molecular flexibility index (Phi) is 14.1. The molecule has 6 aromatic rings. The van der Waals surface area contributed by atoms with E-state index in [4.69, 9.17) is 13.8 Å². The molecule has 0 saturated carbocycles. The molecular weight excluding hydrogens is 835 g/mol. The monoisotopic (exact) mass is 891 g/mol. The first-order valence-corrected chi connectivity index (χ1v) is 19.1. The Morgan fingerprint density at radius 2 is 1.57 bits per heavy atom. The van der Waals surface area contributed by atoms with E-state index in [1.165, 1.54) is 28.0 Å². The molecule has 6 rings (SSSR count). The fourth-order valence-electron chi connectivity index (χ4n) is 7.13. The van der Waals surface area contributed by atoms with Crippen molar-refractivity contribution in [3.05, 3.63) is 102 Å². The molecule has 0 amide bonds. The van der Waals surface area contributed by atoms with Gasteiger partial charge in [0.15, 0.2) is 5.78 Å². The van der Waals surface area contributed by atoms with Crippen molar-refractivity contribution in [2.24, 2.45) is 17.8 Å². The van der Waals surface area contributed by atoms with E-state index in [1.54, 1.807) is 0 Å². The molecular formula is C47H56IrNO4-. The minimum atomic E-state index is -0.0182. The van der Waals surface area contributed by atoms with Crippen LogP contribution in [0.15, 0.2) is 87.6 Å². The minimum absolute atomic E-state index is 0. The quantitative estimate of drug-likeness (QED) is 0.0797. The van der Waals surface area contributed by atoms with Crippen molar-refractivity contribution >= 4 is 38.6 Å². The summed E-state index contributed by atoms with van der Waals surface area (Å²) < 4.78 is 12.1. The largest absolute Gasteiger partial charge is 0.512 e. The number of aliphatic hydroxyl groups is 1. The van der Waals surface area contributed by atoms with Gasteiger partial charge in [-0.05, 0) is 79.2 Å². The summed E-state index contributed by atoms with van der Waals surface area (Å²) in [4.78, 5) is 16.7. The molecule has 0 bridgehead atoms. The topological polar surface area (TPSA) is 76.5 Å². The number of ketones is 1. The molecule has 3 aromatic heterocycles. The van der Waals surface area contributed by atoms with Gasteiger partial charge in [-0.1, -0.05) is 110 Å². The van der Waals surface area contributed by atoms with Crippen molar-refractivity contribution in [1.82, 2.24) is 4.98 Å². The third-order valence-corrected chi connectivity index (χ3v) is 10.2. The average molecular weight is 891 g/mol. The van der Waals surface area contributed by atoms with Crippen LogP contribution >= 0.6 is 0 Å². The molecule has 0 atom stereocenters. The van der Waals surface area contributed by atoms with Crippen molar-refractivity contribution in [3.63, 3.8) is 0 Å². The molecule has 5 nitrogen and oxygen atoms in total.